The van der Waals surface area contributed by atoms with Crippen molar-refractivity contribution in [2.45, 2.75) is 225 Å². The molecule has 0 atom stereocenters. The summed E-state index contributed by atoms with van der Waals surface area (Å²) in [7, 11) is 0. The summed E-state index contributed by atoms with van der Waals surface area (Å²) in [5.41, 5.74) is -9.94. The van der Waals surface area contributed by atoms with Gasteiger partial charge in [0, 0.05) is 16.7 Å². The lowest BCUT2D eigenvalue weighted by atomic mass is 9.91. The minimum atomic E-state index is -8.79. The van der Waals surface area contributed by atoms with E-state index in [1.807, 2.05) is 0 Å². The van der Waals surface area contributed by atoms with Crippen LogP contribution in [0.5, 0.6) is 17.2 Å². The summed E-state index contributed by atoms with van der Waals surface area (Å²) in [6, 6.07) is 9.38. The number of rotatable bonds is 43. The van der Waals surface area contributed by atoms with Crippen molar-refractivity contribution >= 4 is 41.2 Å². The number of aliphatic hydroxyl groups excluding tert-OH is 1. The van der Waals surface area contributed by atoms with Crippen LogP contribution in [-0.4, -0.2) is 275 Å². The molecule has 0 fully saturated rings. The highest BCUT2D eigenvalue weighted by Crippen LogP contribution is 2.69. The Morgan fingerprint density at radius 2 is 0.361 bits per heavy atom. The molecule has 76 heteroatoms. The van der Waals surface area contributed by atoms with Crippen LogP contribution >= 0.6 is 0 Å². The molecule has 0 saturated carbocycles. The van der Waals surface area contributed by atoms with Crippen LogP contribution in [0.25, 0.3) is 0 Å². The van der Waals surface area contributed by atoms with Crippen molar-refractivity contribution in [2.75, 3.05) is 39.6 Å². The number of aliphatic hydroxyl groups is 2. The number of ether oxygens (including phenoxy) is 7. The molecule has 0 aliphatic carbocycles. The van der Waals surface area contributed by atoms with Crippen molar-refractivity contribution in [2.24, 2.45) is 0 Å². The van der Waals surface area contributed by atoms with E-state index >= 15 is 0 Å². The van der Waals surface area contributed by atoms with Crippen LogP contribution in [0.3, 0.4) is 0 Å². The van der Waals surface area contributed by atoms with Gasteiger partial charge in [0.1, 0.15) is 55.9 Å². The molecule has 0 saturated heterocycles. The molecule has 0 bridgehead atoms. The number of hydrogen-bond acceptors (Lipinski definition) is 16. The highest BCUT2D eigenvalue weighted by molar-refractivity contribution is 6.04. The third kappa shape index (κ3) is 22.3. The summed E-state index contributed by atoms with van der Waals surface area (Å²) < 4.78 is 825. The number of carbonyl (C=O) groups excluding carboxylic acids is 7. The first-order chi connectivity index (χ1) is 62.7. The van der Waals surface area contributed by atoms with Crippen LogP contribution in [0.15, 0.2) is 72.8 Å². The molecule has 0 amide bonds. The minimum absolute atomic E-state index is 0.00244. The number of esters is 4. The number of hydrogen-bond donors (Lipinski definition) is 2. The van der Waals surface area contributed by atoms with Crippen molar-refractivity contribution in [3.05, 3.63) is 89.5 Å². The van der Waals surface area contributed by atoms with E-state index < -0.39 is 275 Å². The van der Waals surface area contributed by atoms with Gasteiger partial charge in [-0.3, -0.25) is 14.4 Å². The maximum atomic E-state index is 14.2. The average Bonchev–Trinajstić information content (AvgIpc) is 0.708. The molecule has 0 heterocycles. The largest absolute Gasteiger partial charge is 0.491 e. The molecule has 0 aliphatic heterocycles. The Morgan fingerprint density at radius 1 is 0.208 bits per heavy atom. The fraction of sp³-hybridized carbons (Fsp3) is 0.632. The number of halogens is 60. The third-order valence-corrected chi connectivity index (χ3v) is 17.6. The fourth-order valence-electron chi connectivity index (χ4n) is 9.15. The van der Waals surface area contributed by atoms with Gasteiger partial charge in [-0.25, -0.2) is 19.2 Å². The molecule has 0 aromatic heterocycles. The van der Waals surface area contributed by atoms with Crippen molar-refractivity contribution in [3.8, 4) is 17.2 Å². The van der Waals surface area contributed by atoms with E-state index in [1.54, 1.807) is 0 Å². The molecular formula is C68H44F60O16. The zero-order valence-corrected chi connectivity index (χ0v) is 68.5. The summed E-state index contributed by atoms with van der Waals surface area (Å²) in [5.74, 6) is -220. The Bertz CT molecular complexity index is 4980. The van der Waals surface area contributed by atoms with E-state index in [2.05, 4.69) is 23.7 Å². The smallest absolute Gasteiger partial charge is 0.460 e. The lowest BCUT2D eigenvalue weighted by molar-refractivity contribution is -0.450. The van der Waals surface area contributed by atoms with Crippen LogP contribution < -0.4 is 14.2 Å². The van der Waals surface area contributed by atoms with Crippen molar-refractivity contribution in [1.29, 1.82) is 0 Å². The van der Waals surface area contributed by atoms with Gasteiger partial charge in [0.15, 0.2) is 17.0 Å². The first-order valence-electron chi connectivity index (χ1n) is 35.1. The third-order valence-electron chi connectivity index (χ3n) is 17.6. The standard InChI is InChI=1S/C28H14F30O6.2C20H15F15O5/c1-14(2,64-13(61)16(31,32)18(35,36)20(39,40)22(43,44)24(47,48)26(51,52)28(56,57)58)11(59)9-3-5-10(6-4-9)62-7-8-63-12(60)15(29,30)17(33,34)19(37,38)21(41,42)23(45,46)25(49,50)27(53,54)55;1-13(2,38)11(36)9-3-5-10(6-4-9)39-7-8-40-12(37)14(21,22)15(23,24)16(25,26)17(27,28)18(29,30)19(31,32)20(33,34)35;1-13(2,11(37)9-3-5-10(6-4-9)39-8-7-36)40-12(38)14(21,22)15(23,24)16(25,26)17(27,28)18(29,30)19(31,32)20(33,34)35/h3-6H,7-8H2,1-2H3;3-6,38H,7-8H2,1-2H3;3-6,36H,7-8H2,1-2H3. The number of ketones is 3. The first kappa shape index (κ1) is 132. The Hall–Kier alpha value is -10.3. The number of benzene rings is 3. The van der Waals surface area contributed by atoms with Gasteiger partial charge in [-0.2, -0.15) is 263 Å². The number of Topliss-reactive ketones (excluding diaryl/α,β-unsaturated/α-hetero) is 3. The molecule has 0 unspecified atom stereocenters. The topological polar surface area (TPSA) is 225 Å². The highest BCUT2D eigenvalue weighted by Gasteiger charge is 2.99. The van der Waals surface area contributed by atoms with Crippen LogP contribution in [0.2, 0.25) is 0 Å². The zero-order chi connectivity index (χ0) is 116. The molecule has 3 aromatic carbocycles. The quantitative estimate of drug-likeness (QED) is 0.0177. The summed E-state index contributed by atoms with van der Waals surface area (Å²) in [4.78, 5) is 83.1. The Kier molecular flexibility index (Phi) is 36.6. The summed E-state index contributed by atoms with van der Waals surface area (Å²) in [6.07, 6.45) is -31.3. The minimum Gasteiger partial charge on any atom is -0.491 e. The SMILES string of the molecule is CC(C)(O)C(=O)c1ccc(OCCOC(=O)C(F)(F)C(F)(F)C(F)(F)C(F)(F)C(F)(F)C(F)(F)C(F)(F)F)cc1.CC(C)(OC(=O)C(F)(F)C(F)(F)C(F)(F)C(F)(F)C(F)(F)C(F)(F)C(F)(F)F)C(=O)c1ccc(OCCO)cc1.CC(C)(OC(=O)C(F)(F)C(F)(F)C(F)(F)C(F)(F)C(F)(F)C(F)(F)C(F)(F)F)C(=O)c1ccc(OCCOC(=O)C(F)(F)C(F)(F)C(F)(F)C(F)(F)C(F)(F)C(F)(F)C(F)(F)F)cc1. The predicted octanol–water partition coefficient (Wildman–Crippen LogP) is 22.7. The molecule has 2 N–H and O–H groups in total. The van der Waals surface area contributed by atoms with E-state index in [1.165, 1.54) is 0 Å². The molecule has 16 nitrogen and oxygen atoms in total. The van der Waals surface area contributed by atoms with E-state index in [4.69, 9.17) is 14.6 Å². The Balaban J connectivity index is 0.00000113. The van der Waals surface area contributed by atoms with E-state index in [0.29, 0.717) is 38.1 Å². The van der Waals surface area contributed by atoms with E-state index in [9.17, 15) is 302 Å². The summed E-state index contributed by atoms with van der Waals surface area (Å²) in [6.45, 7) is -3.49. The molecular weight excluding hydrogens is 2210 g/mol. The van der Waals surface area contributed by atoms with Crippen molar-refractivity contribution in [1.82, 2.24) is 0 Å². The van der Waals surface area contributed by atoms with Crippen LogP contribution in [0.1, 0.15) is 72.6 Å². The van der Waals surface area contributed by atoms with E-state index in [-0.39, 0.29) is 37.5 Å². The molecule has 3 aromatic rings. The van der Waals surface area contributed by atoms with Crippen LogP contribution in [-0.2, 0) is 38.1 Å². The maximum absolute atomic E-state index is 14.2. The van der Waals surface area contributed by atoms with E-state index in [0.717, 1.165) is 62.4 Å². The van der Waals surface area contributed by atoms with Gasteiger partial charge in [0.05, 0.1) is 6.61 Å². The van der Waals surface area contributed by atoms with Crippen molar-refractivity contribution < 1.29 is 340 Å². The zero-order valence-electron chi connectivity index (χ0n) is 68.5. The molecule has 3 rings (SSSR count). The van der Waals surface area contributed by atoms with Gasteiger partial charge in [-0.15, -0.1) is 0 Å². The lowest BCUT2D eigenvalue weighted by Crippen LogP contribution is -2.73. The van der Waals surface area contributed by atoms with Gasteiger partial charge < -0.3 is 43.4 Å². The second-order valence-electron chi connectivity index (χ2n) is 29.2. The average molecular weight is 2260 g/mol. The lowest BCUT2D eigenvalue weighted by Gasteiger charge is -2.41. The summed E-state index contributed by atoms with van der Waals surface area (Å²) in [5, 5.41) is 18.3. The normalized spacial score (nSPS) is 15.0. The second-order valence-corrected chi connectivity index (χ2v) is 29.2. The van der Waals surface area contributed by atoms with Gasteiger partial charge in [-0.05, 0) is 114 Å². The molecule has 144 heavy (non-hydrogen) atoms. The monoisotopic (exact) mass is 2260 g/mol. The molecule has 0 aliphatic rings. The maximum Gasteiger partial charge on any atom is 0.460 e. The molecule has 0 radical (unpaired) electrons. The van der Waals surface area contributed by atoms with Crippen LogP contribution in [0, 0.1) is 0 Å². The highest BCUT2D eigenvalue weighted by atomic mass is 19.5. The first-order valence-corrected chi connectivity index (χ1v) is 35.1. The predicted molar refractivity (Wildman–Crippen MR) is 337 cm³/mol. The molecule has 832 valence electrons. The van der Waals surface area contributed by atoms with Gasteiger partial charge in [0.2, 0.25) is 11.6 Å². The number of alkyl halides is 60. The summed E-state index contributed by atoms with van der Waals surface area (Å²) >= 11 is 0. The number of carbonyl (C=O) groups is 7. The van der Waals surface area contributed by atoms with Gasteiger partial charge in [0.25, 0.3) is 0 Å². The Morgan fingerprint density at radius 3 is 0.528 bits per heavy atom. The second kappa shape index (κ2) is 40.0. The Labute approximate surface area is 752 Å². The van der Waals surface area contributed by atoms with Gasteiger partial charge >= 0.3 is 191 Å². The molecule has 0 spiro atoms. The fourth-order valence-corrected chi connectivity index (χ4v) is 9.15. The van der Waals surface area contributed by atoms with Crippen LogP contribution in [0.4, 0.5) is 263 Å². The van der Waals surface area contributed by atoms with Crippen molar-refractivity contribution in [3.63, 3.8) is 0 Å². The van der Waals surface area contributed by atoms with Gasteiger partial charge in [-0.1, -0.05) is 0 Å².